The van der Waals surface area contributed by atoms with E-state index in [0.717, 1.165) is 10.4 Å². The van der Waals surface area contributed by atoms with Crippen LogP contribution in [0.15, 0.2) is 41.8 Å². The fourth-order valence-corrected chi connectivity index (χ4v) is 2.88. The smallest absolute Gasteiger partial charge is 0.337 e. The molecular weight excluding hydrogens is 314 g/mol. The van der Waals surface area contributed by atoms with Crippen LogP contribution in [0.3, 0.4) is 0 Å². The number of esters is 2. The van der Waals surface area contributed by atoms with Crippen LogP contribution in [-0.2, 0) is 27.2 Å². The first-order valence-corrected chi connectivity index (χ1v) is 8.03. The number of ether oxygens (including phenoxy) is 2. The normalized spacial score (nSPS) is 11.7. The first-order chi connectivity index (χ1) is 11.1. The quantitative estimate of drug-likeness (QED) is 0.788. The van der Waals surface area contributed by atoms with Gasteiger partial charge in [0.25, 0.3) is 0 Å². The Morgan fingerprint density at radius 3 is 2.43 bits per heavy atom. The van der Waals surface area contributed by atoms with Gasteiger partial charge >= 0.3 is 11.9 Å². The third kappa shape index (κ3) is 4.91. The highest BCUT2D eigenvalue weighted by atomic mass is 32.1. The molecule has 0 fully saturated rings. The lowest BCUT2D eigenvalue weighted by atomic mass is 10.1. The summed E-state index contributed by atoms with van der Waals surface area (Å²) in [6.45, 7) is 0.507. The van der Waals surface area contributed by atoms with E-state index >= 15 is 0 Å². The van der Waals surface area contributed by atoms with Gasteiger partial charge in [-0.3, -0.25) is 10.1 Å². The third-order valence-electron chi connectivity index (χ3n) is 3.40. The molecule has 1 aromatic heterocycles. The summed E-state index contributed by atoms with van der Waals surface area (Å²) in [6, 6.07) is 10.6. The number of methoxy groups -OCH3 is 2. The van der Waals surface area contributed by atoms with Gasteiger partial charge in [-0.15, -0.1) is 11.3 Å². The Morgan fingerprint density at radius 2 is 1.87 bits per heavy atom. The highest BCUT2D eigenvalue weighted by Gasteiger charge is 2.19. The molecule has 0 aliphatic heterocycles. The number of rotatable bonds is 7. The fraction of sp³-hybridized carbons (Fsp3) is 0.294. The topological polar surface area (TPSA) is 64.6 Å². The molecule has 0 amide bonds. The lowest BCUT2D eigenvalue weighted by Gasteiger charge is -2.16. The summed E-state index contributed by atoms with van der Waals surface area (Å²) in [5.41, 5.74) is 1.47. The molecule has 0 aliphatic rings. The highest BCUT2D eigenvalue weighted by Crippen LogP contribution is 2.13. The monoisotopic (exact) mass is 333 g/mol. The Balaban J connectivity index is 1.97. The SMILES string of the molecule is COC(=O)c1ccc(CN[C@H](Cc2cccs2)C(=O)OC)cc1. The molecule has 23 heavy (non-hydrogen) atoms. The molecule has 0 aliphatic carbocycles. The van der Waals surface area contributed by atoms with E-state index in [0.29, 0.717) is 18.5 Å². The minimum atomic E-state index is -0.404. The maximum Gasteiger partial charge on any atom is 0.337 e. The number of thiophene rings is 1. The van der Waals surface area contributed by atoms with E-state index in [2.05, 4.69) is 10.1 Å². The fourth-order valence-electron chi connectivity index (χ4n) is 2.13. The molecule has 122 valence electrons. The molecular formula is C17H19NO4S. The number of hydrogen-bond acceptors (Lipinski definition) is 6. The zero-order valence-electron chi connectivity index (χ0n) is 13.1. The van der Waals surface area contributed by atoms with Gasteiger partial charge in [-0.25, -0.2) is 4.79 Å². The van der Waals surface area contributed by atoms with Crippen molar-refractivity contribution < 1.29 is 19.1 Å². The molecule has 6 heteroatoms. The van der Waals surface area contributed by atoms with Gasteiger partial charge in [0.05, 0.1) is 19.8 Å². The summed E-state index contributed by atoms with van der Waals surface area (Å²) < 4.78 is 9.52. The Kier molecular flexibility index (Phi) is 6.31. The second kappa shape index (κ2) is 8.45. The van der Waals surface area contributed by atoms with Crippen LogP contribution >= 0.6 is 11.3 Å². The maximum absolute atomic E-state index is 11.9. The van der Waals surface area contributed by atoms with Crippen molar-refractivity contribution in [1.82, 2.24) is 5.32 Å². The van der Waals surface area contributed by atoms with Crippen molar-refractivity contribution in [3.63, 3.8) is 0 Å². The maximum atomic E-state index is 11.9. The van der Waals surface area contributed by atoms with E-state index < -0.39 is 6.04 Å². The lowest BCUT2D eigenvalue weighted by Crippen LogP contribution is -2.38. The van der Waals surface area contributed by atoms with Crippen LogP contribution in [0, 0.1) is 0 Å². The largest absolute Gasteiger partial charge is 0.468 e. The highest BCUT2D eigenvalue weighted by molar-refractivity contribution is 7.09. The Morgan fingerprint density at radius 1 is 1.13 bits per heavy atom. The standard InChI is InChI=1S/C17H19NO4S/c1-21-16(19)13-7-5-12(6-8-13)11-18-15(17(20)22-2)10-14-4-3-9-23-14/h3-9,15,18H,10-11H2,1-2H3/t15-/m1/s1. The van der Waals surface area contributed by atoms with Crippen molar-refractivity contribution in [1.29, 1.82) is 0 Å². The molecule has 0 bridgehead atoms. The van der Waals surface area contributed by atoms with Crippen LogP contribution in [-0.4, -0.2) is 32.2 Å². The summed E-state index contributed by atoms with van der Waals surface area (Å²) in [6.07, 6.45) is 0.588. The van der Waals surface area contributed by atoms with E-state index in [1.54, 1.807) is 23.5 Å². The predicted octanol–water partition coefficient (Wildman–Crippen LogP) is 2.41. The van der Waals surface area contributed by atoms with Crippen LogP contribution < -0.4 is 5.32 Å². The molecule has 1 N–H and O–H groups in total. The molecule has 2 aromatic rings. The second-order valence-corrected chi connectivity index (χ2v) is 5.96. The Bertz CT molecular complexity index is 637. The van der Waals surface area contributed by atoms with Crippen molar-refractivity contribution in [3.05, 3.63) is 57.8 Å². The number of nitrogens with one attached hydrogen (secondary N) is 1. The van der Waals surface area contributed by atoms with Gasteiger partial charge in [0.2, 0.25) is 0 Å². The molecule has 1 heterocycles. The van der Waals surface area contributed by atoms with E-state index in [4.69, 9.17) is 4.74 Å². The zero-order chi connectivity index (χ0) is 16.7. The lowest BCUT2D eigenvalue weighted by molar-refractivity contribution is -0.143. The minimum absolute atomic E-state index is 0.287. The van der Waals surface area contributed by atoms with E-state index in [1.807, 2.05) is 29.6 Å². The molecule has 0 saturated heterocycles. The molecule has 2 rings (SSSR count). The Hall–Kier alpha value is -2.18. The van der Waals surface area contributed by atoms with Crippen LogP contribution in [0.25, 0.3) is 0 Å². The van der Waals surface area contributed by atoms with E-state index in [-0.39, 0.29) is 11.9 Å². The summed E-state index contributed by atoms with van der Waals surface area (Å²) in [5, 5.41) is 5.18. The average molecular weight is 333 g/mol. The van der Waals surface area contributed by atoms with Gasteiger partial charge in [-0.2, -0.15) is 0 Å². The van der Waals surface area contributed by atoms with Crippen LogP contribution in [0.2, 0.25) is 0 Å². The van der Waals surface area contributed by atoms with Gasteiger partial charge < -0.3 is 9.47 Å². The number of benzene rings is 1. The predicted molar refractivity (Wildman–Crippen MR) is 88.4 cm³/mol. The van der Waals surface area contributed by atoms with Gasteiger partial charge in [-0.1, -0.05) is 18.2 Å². The van der Waals surface area contributed by atoms with Crippen molar-refractivity contribution in [3.8, 4) is 0 Å². The van der Waals surface area contributed by atoms with Crippen LogP contribution in [0.5, 0.6) is 0 Å². The van der Waals surface area contributed by atoms with Crippen molar-refractivity contribution in [2.75, 3.05) is 14.2 Å². The first-order valence-electron chi connectivity index (χ1n) is 7.15. The summed E-state index contributed by atoms with van der Waals surface area (Å²) in [5.74, 6) is -0.653. The van der Waals surface area contributed by atoms with Crippen molar-refractivity contribution >= 4 is 23.3 Å². The molecule has 0 saturated carbocycles. The van der Waals surface area contributed by atoms with Gasteiger partial charge in [0, 0.05) is 17.8 Å². The number of hydrogen-bond donors (Lipinski definition) is 1. The van der Waals surface area contributed by atoms with Crippen LogP contribution in [0.1, 0.15) is 20.8 Å². The molecule has 0 unspecified atom stereocenters. The van der Waals surface area contributed by atoms with Gasteiger partial charge in [-0.05, 0) is 29.1 Å². The van der Waals surface area contributed by atoms with Gasteiger partial charge in [0.1, 0.15) is 6.04 Å². The number of carbonyl (C=O) groups is 2. The molecule has 1 aromatic carbocycles. The average Bonchev–Trinajstić information content (AvgIpc) is 3.10. The first kappa shape index (κ1) is 17.2. The van der Waals surface area contributed by atoms with E-state index in [9.17, 15) is 9.59 Å². The van der Waals surface area contributed by atoms with Crippen molar-refractivity contribution in [2.24, 2.45) is 0 Å². The summed E-state index contributed by atoms with van der Waals surface area (Å²) in [4.78, 5) is 24.4. The summed E-state index contributed by atoms with van der Waals surface area (Å²) >= 11 is 1.61. The second-order valence-electron chi connectivity index (χ2n) is 4.93. The zero-order valence-corrected chi connectivity index (χ0v) is 13.9. The molecule has 1 atom stereocenters. The minimum Gasteiger partial charge on any atom is -0.468 e. The van der Waals surface area contributed by atoms with Crippen LogP contribution in [0.4, 0.5) is 0 Å². The van der Waals surface area contributed by atoms with Gasteiger partial charge in [0.15, 0.2) is 0 Å². The molecule has 0 spiro atoms. The van der Waals surface area contributed by atoms with Crippen molar-refractivity contribution in [2.45, 2.75) is 19.0 Å². The van der Waals surface area contributed by atoms with E-state index in [1.165, 1.54) is 14.2 Å². The number of carbonyl (C=O) groups excluding carboxylic acids is 2. The molecule has 0 radical (unpaired) electrons. The molecule has 5 nitrogen and oxygen atoms in total. The summed E-state index contributed by atoms with van der Waals surface area (Å²) in [7, 11) is 2.74. The Labute approximate surface area is 139 Å². The third-order valence-corrected chi connectivity index (χ3v) is 4.30.